The highest BCUT2D eigenvalue weighted by atomic mass is 16.5. The maximum atomic E-state index is 10.4. The number of nitrogens with one attached hydrogen (secondary N) is 1. The van der Waals surface area contributed by atoms with Gasteiger partial charge in [0.15, 0.2) is 0 Å². The fraction of sp³-hybridized carbons (Fsp3) is 0.600. The zero-order valence-corrected chi connectivity index (χ0v) is 12.1. The molecule has 1 aliphatic rings. The first kappa shape index (κ1) is 15.1. The van der Waals surface area contributed by atoms with Crippen LogP contribution in [0.3, 0.4) is 0 Å². The van der Waals surface area contributed by atoms with E-state index in [1.54, 1.807) is 32.4 Å². The Balaban J connectivity index is 2.05. The molecule has 1 saturated carbocycles. The van der Waals surface area contributed by atoms with E-state index in [1.165, 1.54) is 0 Å². The van der Waals surface area contributed by atoms with Crippen LogP contribution in [0.15, 0.2) is 18.2 Å². The zero-order valence-electron chi connectivity index (χ0n) is 12.1. The minimum atomic E-state index is -0.705. The summed E-state index contributed by atoms with van der Waals surface area (Å²) in [6.45, 7) is 0.485. The van der Waals surface area contributed by atoms with Crippen molar-refractivity contribution >= 4 is 0 Å². The average molecular weight is 281 g/mol. The molecule has 5 nitrogen and oxygen atoms in total. The third-order valence-corrected chi connectivity index (χ3v) is 4.08. The summed E-state index contributed by atoms with van der Waals surface area (Å²) in [6, 6.07) is 5.35. The Bertz CT molecular complexity index is 440. The summed E-state index contributed by atoms with van der Waals surface area (Å²) in [4.78, 5) is 0. The van der Waals surface area contributed by atoms with Crippen LogP contribution in [0.25, 0.3) is 0 Å². The molecule has 0 radical (unpaired) electrons. The Labute approximate surface area is 119 Å². The van der Waals surface area contributed by atoms with Crippen LogP contribution in [0.2, 0.25) is 0 Å². The summed E-state index contributed by atoms with van der Waals surface area (Å²) < 4.78 is 10.4. The normalized spacial score (nSPS) is 18.2. The Morgan fingerprint density at radius 2 is 2.05 bits per heavy atom. The number of hydrogen-bond acceptors (Lipinski definition) is 5. The molecular formula is C15H23NO4. The molecule has 0 heterocycles. The molecule has 2 rings (SSSR count). The monoisotopic (exact) mass is 281 g/mol. The van der Waals surface area contributed by atoms with Crippen molar-refractivity contribution < 1.29 is 19.7 Å². The van der Waals surface area contributed by atoms with E-state index in [4.69, 9.17) is 9.47 Å². The SMILES string of the molecule is COc1ccc(OC)c(C(O)CNC2(CO)CCC2)c1. The van der Waals surface area contributed by atoms with Gasteiger partial charge in [-0.3, -0.25) is 0 Å². The molecule has 1 aromatic carbocycles. The van der Waals surface area contributed by atoms with E-state index in [-0.39, 0.29) is 12.1 Å². The number of ether oxygens (including phenoxy) is 2. The van der Waals surface area contributed by atoms with Gasteiger partial charge in [-0.25, -0.2) is 0 Å². The minimum Gasteiger partial charge on any atom is -0.497 e. The number of hydrogen-bond donors (Lipinski definition) is 3. The highest BCUT2D eigenvalue weighted by molar-refractivity contribution is 5.41. The van der Waals surface area contributed by atoms with Crippen molar-refractivity contribution in [3.05, 3.63) is 23.8 Å². The fourth-order valence-corrected chi connectivity index (χ4v) is 2.52. The Hall–Kier alpha value is -1.30. The van der Waals surface area contributed by atoms with Gasteiger partial charge in [0.2, 0.25) is 0 Å². The molecule has 1 fully saturated rings. The molecule has 3 N–H and O–H groups in total. The van der Waals surface area contributed by atoms with E-state index in [2.05, 4.69) is 5.32 Å². The van der Waals surface area contributed by atoms with Gasteiger partial charge in [0.05, 0.1) is 26.9 Å². The van der Waals surface area contributed by atoms with E-state index in [0.717, 1.165) is 19.3 Å². The lowest BCUT2D eigenvalue weighted by Crippen LogP contribution is -2.54. The summed E-state index contributed by atoms with van der Waals surface area (Å²) >= 11 is 0. The molecule has 0 spiro atoms. The molecular weight excluding hydrogens is 258 g/mol. The standard InChI is InChI=1S/C15H23NO4/c1-19-11-4-5-14(20-2)12(8-11)13(18)9-16-15(10-17)6-3-7-15/h4-5,8,13,16-18H,3,6-7,9-10H2,1-2H3. The largest absolute Gasteiger partial charge is 0.497 e. The van der Waals surface area contributed by atoms with E-state index in [9.17, 15) is 10.2 Å². The maximum Gasteiger partial charge on any atom is 0.124 e. The highest BCUT2D eigenvalue weighted by Crippen LogP contribution is 2.33. The fourth-order valence-electron chi connectivity index (χ4n) is 2.52. The number of methoxy groups -OCH3 is 2. The third-order valence-electron chi connectivity index (χ3n) is 4.08. The number of benzene rings is 1. The molecule has 0 amide bonds. The predicted octanol–water partition coefficient (Wildman–Crippen LogP) is 1.24. The van der Waals surface area contributed by atoms with Crippen LogP contribution in [0, 0.1) is 0 Å². The average Bonchev–Trinajstić information content (AvgIpc) is 2.45. The lowest BCUT2D eigenvalue weighted by Gasteiger charge is -2.41. The van der Waals surface area contributed by atoms with Crippen LogP contribution >= 0.6 is 0 Å². The van der Waals surface area contributed by atoms with Crippen molar-refractivity contribution in [2.75, 3.05) is 27.4 Å². The first-order valence-electron chi connectivity index (χ1n) is 6.90. The molecule has 20 heavy (non-hydrogen) atoms. The van der Waals surface area contributed by atoms with Gasteiger partial charge in [-0.1, -0.05) is 0 Å². The van der Waals surface area contributed by atoms with Crippen LogP contribution < -0.4 is 14.8 Å². The summed E-state index contributed by atoms with van der Waals surface area (Å²) in [5, 5.41) is 23.0. The van der Waals surface area contributed by atoms with Gasteiger partial charge in [0, 0.05) is 17.6 Å². The van der Waals surface area contributed by atoms with Crippen molar-refractivity contribution in [1.29, 1.82) is 0 Å². The highest BCUT2D eigenvalue weighted by Gasteiger charge is 2.36. The van der Waals surface area contributed by atoms with E-state index >= 15 is 0 Å². The second-order valence-electron chi connectivity index (χ2n) is 5.30. The summed E-state index contributed by atoms with van der Waals surface area (Å²) in [7, 11) is 3.16. The first-order chi connectivity index (χ1) is 9.64. The van der Waals surface area contributed by atoms with Crippen molar-refractivity contribution in [3.8, 4) is 11.5 Å². The van der Waals surface area contributed by atoms with Gasteiger partial charge >= 0.3 is 0 Å². The van der Waals surface area contributed by atoms with E-state index < -0.39 is 6.10 Å². The Morgan fingerprint density at radius 1 is 1.30 bits per heavy atom. The van der Waals surface area contributed by atoms with Gasteiger partial charge < -0.3 is 25.0 Å². The molecule has 1 aromatic rings. The molecule has 0 aromatic heterocycles. The molecule has 0 saturated heterocycles. The summed E-state index contributed by atoms with van der Waals surface area (Å²) in [5.74, 6) is 1.31. The quantitative estimate of drug-likeness (QED) is 0.701. The lowest BCUT2D eigenvalue weighted by atomic mass is 9.77. The van der Waals surface area contributed by atoms with Gasteiger partial charge in [0.25, 0.3) is 0 Å². The Morgan fingerprint density at radius 3 is 2.55 bits per heavy atom. The second-order valence-corrected chi connectivity index (χ2v) is 5.30. The minimum absolute atomic E-state index is 0.106. The number of aliphatic hydroxyl groups excluding tert-OH is 2. The third kappa shape index (κ3) is 3.06. The molecule has 0 aliphatic heterocycles. The second kappa shape index (κ2) is 6.43. The van der Waals surface area contributed by atoms with Crippen LogP contribution in [-0.4, -0.2) is 43.1 Å². The predicted molar refractivity (Wildman–Crippen MR) is 76.2 cm³/mol. The smallest absolute Gasteiger partial charge is 0.124 e. The lowest BCUT2D eigenvalue weighted by molar-refractivity contribution is 0.0681. The van der Waals surface area contributed by atoms with E-state index in [1.807, 2.05) is 0 Å². The molecule has 1 atom stereocenters. The zero-order chi connectivity index (χ0) is 14.6. The van der Waals surface area contributed by atoms with Gasteiger partial charge in [0.1, 0.15) is 11.5 Å². The topological polar surface area (TPSA) is 71.0 Å². The van der Waals surface area contributed by atoms with E-state index in [0.29, 0.717) is 23.6 Å². The molecule has 5 heteroatoms. The van der Waals surface area contributed by atoms with Crippen LogP contribution in [0.1, 0.15) is 30.9 Å². The van der Waals surface area contributed by atoms with Crippen LogP contribution in [0.4, 0.5) is 0 Å². The van der Waals surface area contributed by atoms with Crippen molar-refractivity contribution in [2.45, 2.75) is 30.9 Å². The number of aliphatic hydroxyl groups is 2. The Kier molecular flexibility index (Phi) is 4.86. The van der Waals surface area contributed by atoms with Gasteiger partial charge in [-0.2, -0.15) is 0 Å². The molecule has 112 valence electrons. The summed E-state index contributed by atoms with van der Waals surface area (Å²) in [5.41, 5.74) is 0.472. The molecule has 1 aliphatic carbocycles. The van der Waals surface area contributed by atoms with Crippen molar-refractivity contribution in [2.24, 2.45) is 0 Å². The van der Waals surface area contributed by atoms with Crippen molar-refractivity contribution in [3.63, 3.8) is 0 Å². The maximum absolute atomic E-state index is 10.4. The first-order valence-corrected chi connectivity index (χ1v) is 6.90. The molecule has 1 unspecified atom stereocenters. The van der Waals surface area contributed by atoms with Crippen molar-refractivity contribution in [1.82, 2.24) is 5.32 Å². The number of rotatable bonds is 7. The summed E-state index contributed by atoms with van der Waals surface area (Å²) in [6.07, 6.45) is 2.31. The van der Waals surface area contributed by atoms with Gasteiger partial charge in [-0.05, 0) is 37.5 Å². The molecule has 0 bridgehead atoms. The van der Waals surface area contributed by atoms with Gasteiger partial charge in [-0.15, -0.1) is 0 Å². The van der Waals surface area contributed by atoms with Crippen LogP contribution in [0.5, 0.6) is 11.5 Å². The van der Waals surface area contributed by atoms with Crippen LogP contribution in [-0.2, 0) is 0 Å². The number of β-amino-alcohol motifs (C(OH)–C–C–N with tert-alkyl or cyclic N) is 1.